The Hall–Kier alpha value is -0.570. The minimum Gasteiger partial charge on any atom is -0.481 e. The van der Waals surface area contributed by atoms with Crippen LogP contribution in [-0.2, 0) is 4.79 Å². The zero-order chi connectivity index (χ0) is 8.77. The average molecular weight is 156 g/mol. The smallest absolute Gasteiger partial charge is 0.307 e. The number of rotatable bonds is 1. The molecule has 0 aromatic rings. The molecule has 0 radical (unpaired) electrons. The van der Waals surface area contributed by atoms with E-state index in [-0.39, 0.29) is 11.3 Å². The lowest BCUT2D eigenvalue weighted by Gasteiger charge is -2.22. The Bertz CT molecular complexity index is 211. The van der Waals surface area contributed by atoms with Crippen molar-refractivity contribution >= 4 is 5.97 Å². The molecule has 1 unspecified atom stereocenters. The minimum atomic E-state index is -0.645. The molecule has 1 atom stereocenters. The van der Waals surface area contributed by atoms with Gasteiger partial charge >= 0.3 is 5.97 Å². The van der Waals surface area contributed by atoms with Crippen molar-refractivity contribution in [3.05, 3.63) is 0 Å². The first-order chi connectivity index (χ1) is 5.64. The normalized spacial score (nSPS) is 36.7. The Labute approximate surface area is 67.3 Å². The second kappa shape index (κ2) is 2.21. The highest BCUT2D eigenvalue weighted by molar-refractivity contribution is 5.74. The molecule has 62 valence electrons. The fraction of sp³-hybridized carbons (Fsp3) is 0.875. The Morgan fingerprint density at radius 2 is 2.27 bits per heavy atom. The highest BCUT2D eigenvalue weighted by Gasteiger charge is 2.57. The van der Waals surface area contributed by atoms with Crippen LogP contribution >= 0.6 is 0 Å². The Balaban J connectivity index is 1.95. The third-order valence-corrected chi connectivity index (χ3v) is 3.02. The van der Waals surface area contributed by atoms with Crippen LogP contribution in [0.15, 0.2) is 0 Å². The van der Waals surface area contributed by atoms with Crippen LogP contribution < -0.4 is 5.31 Å². The van der Waals surface area contributed by atoms with Crippen molar-refractivity contribution in [1.29, 1.82) is 0 Å². The molecule has 1 aliphatic heterocycles. The van der Waals surface area contributed by atoms with E-state index >= 15 is 0 Å². The molecule has 2 rings (SSSR count). The van der Waals surface area contributed by atoms with Crippen molar-refractivity contribution in [3.63, 3.8) is 0 Å². The van der Waals surface area contributed by atoms with Crippen LogP contribution in [0.1, 0.15) is 19.3 Å². The summed E-state index contributed by atoms with van der Waals surface area (Å²) in [6.45, 7) is 1.48. The van der Waals surface area contributed by atoms with E-state index in [4.69, 9.17) is 6.52 Å². The second-order valence-electron chi connectivity index (χ2n) is 3.63. The van der Waals surface area contributed by atoms with Gasteiger partial charge in [-0.2, -0.15) is 0 Å². The van der Waals surface area contributed by atoms with Crippen molar-refractivity contribution in [2.45, 2.75) is 19.3 Å². The second-order valence-corrected chi connectivity index (χ2v) is 3.63. The SMILES string of the molecule is [2H]N1CCC2(CC1)CC2C(=O)O. The van der Waals surface area contributed by atoms with Crippen LogP contribution in [0.2, 0.25) is 1.41 Å². The molecule has 3 heteroatoms. The molecule has 1 saturated carbocycles. The molecule has 3 nitrogen and oxygen atoms in total. The van der Waals surface area contributed by atoms with Gasteiger partial charge in [-0.05, 0) is 37.8 Å². The molecule has 2 fully saturated rings. The number of piperidine rings is 1. The summed E-state index contributed by atoms with van der Waals surface area (Å²) >= 11 is 0. The highest BCUT2D eigenvalue weighted by atomic mass is 16.4. The first-order valence-corrected chi connectivity index (χ1v) is 4.11. The molecule has 2 aliphatic rings. The third kappa shape index (κ3) is 1.03. The molecular formula is C8H13NO2. The predicted molar refractivity (Wildman–Crippen MR) is 40.3 cm³/mol. The quantitative estimate of drug-likeness (QED) is 0.580. The van der Waals surface area contributed by atoms with E-state index in [2.05, 4.69) is 0 Å². The van der Waals surface area contributed by atoms with Gasteiger partial charge in [0, 0.05) is 0 Å². The Kier molecular flexibility index (Phi) is 1.20. The van der Waals surface area contributed by atoms with Gasteiger partial charge in [-0.1, -0.05) is 0 Å². The molecule has 11 heavy (non-hydrogen) atoms. The molecule has 0 bridgehead atoms. The first-order valence-electron chi connectivity index (χ1n) is 4.55. The van der Waals surface area contributed by atoms with Gasteiger partial charge < -0.3 is 10.4 Å². The molecule has 1 spiro atoms. The van der Waals surface area contributed by atoms with Crippen LogP contribution in [-0.4, -0.2) is 24.2 Å². The maximum absolute atomic E-state index is 10.7. The van der Waals surface area contributed by atoms with E-state index in [1.54, 1.807) is 0 Å². The summed E-state index contributed by atoms with van der Waals surface area (Å²) in [5.41, 5.74) is 0.0867. The number of hydrogen-bond acceptors (Lipinski definition) is 2. The van der Waals surface area contributed by atoms with Crippen LogP contribution in [0.25, 0.3) is 0 Å². The topological polar surface area (TPSA) is 49.3 Å². The molecule has 1 heterocycles. The summed E-state index contributed by atoms with van der Waals surface area (Å²) in [7, 11) is 0. The number of aliphatic carboxylic acids is 1. The van der Waals surface area contributed by atoms with E-state index in [1.165, 1.54) is 5.31 Å². The summed E-state index contributed by atoms with van der Waals surface area (Å²) in [5, 5.41) is 10.3. The molecular weight excluding hydrogens is 142 g/mol. The van der Waals surface area contributed by atoms with Gasteiger partial charge in [0.15, 0.2) is 0 Å². The Morgan fingerprint density at radius 1 is 1.64 bits per heavy atom. The van der Waals surface area contributed by atoms with Gasteiger partial charge in [0.25, 0.3) is 0 Å². The average Bonchev–Trinajstić information content (AvgIpc) is 2.72. The summed E-state index contributed by atoms with van der Waals surface area (Å²) < 4.78 is 7.34. The van der Waals surface area contributed by atoms with Crippen LogP contribution in [0.3, 0.4) is 0 Å². The maximum Gasteiger partial charge on any atom is 0.307 e. The molecule has 0 aromatic heterocycles. The number of carboxylic acids is 1. The van der Waals surface area contributed by atoms with E-state index in [1.807, 2.05) is 0 Å². The van der Waals surface area contributed by atoms with Crippen molar-refractivity contribution < 1.29 is 11.3 Å². The molecule has 1 aliphatic carbocycles. The van der Waals surface area contributed by atoms with Crippen molar-refractivity contribution in [1.82, 2.24) is 5.31 Å². The first kappa shape index (κ1) is 6.00. The largest absolute Gasteiger partial charge is 0.481 e. The summed E-state index contributed by atoms with van der Waals surface area (Å²) in [6, 6.07) is 0. The number of carboxylic acid groups (broad SMARTS) is 1. The fourth-order valence-corrected chi connectivity index (χ4v) is 2.09. The van der Waals surface area contributed by atoms with Gasteiger partial charge in [-0.3, -0.25) is 4.79 Å². The van der Waals surface area contributed by atoms with Gasteiger partial charge in [-0.25, -0.2) is 0 Å². The molecule has 2 N–H and O–H groups in total. The predicted octanol–water partition coefficient (Wildman–Crippen LogP) is 0.461. The summed E-state index contributed by atoms with van der Waals surface area (Å²) in [4.78, 5) is 10.7. The van der Waals surface area contributed by atoms with E-state index in [0.717, 1.165) is 32.4 Å². The van der Waals surface area contributed by atoms with Gasteiger partial charge in [-0.15, -0.1) is 0 Å². The third-order valence-electron chi connectivity index (χ3n) is 3.02. The highest BCUT2D eigenvalue weighted by Crippen LogP contribution is 2.58. The van der Waals surface area contributed by atoms with Gasteiger partial charge in [0.1, 0.15) is 1.41 Å². The van der Waals surface area contributed by atoms with E-state index < -0.39 is 5.97 Å². The van der Waals surface area contributed by atoms with Crippen molar-refractivity contribution in [2.75, 3.05) is 13.1 Å². The zero-order valence-corrected chi connectivity index (χ0v) is 6.42. The van der Waals surface area contributed by atoms with Crippen LogP contribution in [0.4, 0.5) is 0 Å². The molecule has 1 saturated heterocycles. The van der Waals surface area contributed by atoms with E-state index in [0.29, 0.717) is 0 Å². The monoisotopic (exact) mass is 156 g/mol. The van der Waals surface area contributed by atoms with Gasteiger partial charge in [0.05, 0.1) is 5.92 Å². The van der Waals surface area contributed by atoms with Crippen LogP contribution in [0.5, 0.6) is 0 Å². The maximum atomic E-state index is 10.7. The van der Waals surface area contributed by atoms with E-state index in [9.17, 15) is 4.79 Å². The number of hydrogen-bond donors (Lipinski definition) is 2. The molecule has 0 amide bonds. The lowest BCUT2D eigenvalue weighted by molar-refractivity contribution is -0.139. The standard InChI is InChI=1S/C8H13NO2/c10-7(11)6-5-8(6)1-3-9-4-2-8/h6,9H,1-5H2,(H,10,11)/i/hD. The molecule has 0 aromatic carbocycles. The fourth-order valence-electron chi connectivity index (χ4n) is 2.09. The number of carbonyl (C=O) groups is 1. The Morgan fingerprint density at radius 3 is 2.73 bits per heavy atom. The van der Waals surface area contributed by atoms with Crippen molar-refractivity contribution in [3.8, 4) is 0 Å². The van der Waals surface area contributed by atoms with Crippen molar-refractivity contribution in [2.24, 2.45) is 11.3 Å². The lowest BCUT2D eigenvalue weighted by Crippen LogP contribution is -2.30. The number of nitrogens with one attached hydrogen (secondary N) is 1. The van der Waals surface area contributed by atoms with Crippen LogP contribution in [0, 0.1) is 11.3 Å². The minimum absolute atomic E-state index is 0.0867. The summed E-state index contributed by atoms with van der Waals surface area (Å²) in [5.74, 6) is -0.750. The lowest BCUT2D eigenvalue weighted by atomic mass is 9.92. The van der Waals surface area contributed by atoms with Gasteiger partial charge in [0.2, 0.25) is 0 Å². The summed E-state index contributed by atoms with van der Waals surface area (Å²) in [6.07, 6.45) is 2.64. The zero-order valence-electron chi connectivity index (χ0n) is 7.42.